The van der Waals surface area contributed by atoms with E-state index in [-0.39, 0.29) is 5.91 Å². The van der Waals surface area contributed by atoms with Gasteiger partial charge < -0.3 is 10.3 Å². The van der Waals surface area contributed by atoms with Crippen LogP contribution >= 0.6 is 0 Å². The average molecular weight is 328 g/mol. The van der Waals surface area contributed by atoms with Crippen LogP contribution in [0.5, 0.6) is 0 Å². The Morgan fingerprint density at radius 2 is 2.04 bits per heavy atom. The zero-order valence-corrected chi connectivity index (χ0v) is 13.4. The molecule has 1 amide bonds. The summed E-state index contributed by atoms with van der Waals surface area (Å²) >= 11 is 0. The minimum absolute atomic E-state index is 0.101. The number of aromatic nitrogens is 3. The number of nitrogens with zero attached hydrogens (tertiary/aromatic N) is 2. The van der Waals surface area contributed by atoms with Crippen LogP contribution in [-0.2, 0) is 6.54 Å². The van der Waals surface area contributed by atoms with Gasteiger partial charge in [-0.2, -0.15) is 0 Å². The van der Waals surface area contributed by atoms with Gasteiger partial charge in [0.15, 0.2) is 0 Å². The number of hydrogen-bond donors (Lipinski definition) is 2. The van der Waals surface area contributed by atoms with Crippen molar-refractivity contribution in [3.05, 3.63) is 84.4 Å². The van der Waals surface area contributed by atoms with E-state index in [1.807, 2.05) is 54.7 Å². The first-order valence-corrected chi connectivity index (χ1v) is 8.00. The molecule has 25 heavy (non-hydrogen) atoms. The molecule has 4 aromatic rings. The molecule has 1 aromatic carbocycles. The van der Waals surface area contributed by atoms with E-state index < -0.39 is 0 Å². The molecule has 122 valence electrons. The topological polar surface area (TPSA) is 70.7 Å². The Hall–Kier alpha value is -3.47. The van der Waals surface area contributed by atoms with E-state index >= 15 is 0 Å². The van der Waals surface area contributed by atoms with Crippen LogP contribution in [-0.4, -0.2) is 20.9 Å². The van der Waals surface area contributed by atoms with Crippen LogP contribution in [0, 0.1) is 0 Å². The third-order valence-electron chi connectivity index (χ3n) is 4.05. The quantitative estimate of drug-likeness (QED) is 0.602. The van der Waals surface area contributed by atoms with E-state index in [4.69, 9.17) is 0 Å². The number of pyridine rings is 2. The number of fused-ring (bicyclic) bond motifs is 1. The highest BCUT2D eigenvalue weighted by Crippen LogP contribution is 2.17. The van der Waals surface area contributed by atoms with E-state index in [0.717, 1.165) is 27.7 Å². The number of amides is 1. The summed E-state index contributed by atoms with van der Waals surface area (Å²) in [5.74, 6) is -0.101. The number of carbonyl (C=O) groups is 1. The van der Waals surface area contributed by atoms with E-state index in [0.29, 0.717) is 12.1 Å². The maximum absolute atomic E-state index is 12.4. The van der Waals surface area contributed by atoms with Gasteiger partial charge >= 0.3 is 0 Å². The summed E-state index contributed by atoms with van der Waals surface area (Å²) in [6.07, 6.45) is 7.11. The molecule has 0 saturated carbocycles. The molecule has 3 aromatic heterocycles. The molecule has 0 aliphatic rings. The van der Waals surface area contributed by atoms with Crippen LogP contribution < -0.4 is 5.32 Å². The second kappa shape index (κ2) is 6.57. The summed E-state index contributed by atoms with van der Waals surface area (Å²) in [6, 6.07) is 15.3. The molecular weight excluding hydrogens is 312 g/mol. The molecule has 5 heteroatoms. The first-order valence-electron chi connectivity index (χ1n) is 8.00. The molecule has 0 bridgehead atoms. The lowest BCUT2D eigenvalue weighted by Gasteiger charge is -2.07. The van der Waals surface area contributed by atoms with Gasteiger partial charge in [-0.25, -0.2) is 0 Å². The fraction of sp³-hybridized carbons (Fsp3) is 0.0500. The maximum Gasteiger partial charge on any atom is 0.251 e. The van der Waals surface area contributed by atoms with Gasteiger partial charge in [0, 0.05) is 48.0 Å². The largest absolute Gasteiger partial charge is 0.361 e. The fourth-order valence-corrected chi connectivity index (χ4v) is 2.73. The van der Waals surface area contributed by atoms with E-state index in [9.17, 15) is 4.79 Å². The summed E-state index contributed by atoms with van der Waals surface area (Å²) in [4.78, 5) is 24.0. The van der Waals surface area contributed by atoms with Gasteiger partial charge in [0.05, 0.1) is 5.69 Å². The maximum atomic E-state index is 12.4. The Morgan fingerprint density at radius 3 is 2.92 bits per heavy atom. The van der Waals surface area contributed by atoms with Crippen LogP contribution in [0.3, 0.4) is 0 Å². The Bertz CT molecular complexity index is 1020. The Labute approximate surface area is 144 Å². The zero-order valence-electron chi connectivity index (χ0n) is 13.4. The summed E-state index contributed by atoms with van der Waals surface area (Å²) in [5, 5.41) is 4.04. The number of nitrogens with one attached hydrogen (secondary N) is 2. The highest BCUT2D eigenvalue weighted by Gasteiger charge is 2.07. The second-order valence-corrected chi connectivity index (χ2v) is 5.75. The summed E-state index contributed by atoms with van der Waals surface area (Å²) in [5.41, 5.74) is 4.37. The molecule has 0 aliphatic heterocycles. The van der Waals surface area contributed by atoms with Gasteiger partial charge in [-0.1, -0.05) is 6.07 Å². The summed E-state index contributed by atoms with van der Waals surface area (Å²) in [6.45, 7) is 0.442. The van der Waals surface area contributed by atoms with Gasteiger partial charge in [0.1, 0.15) is 0 Å². The summed E-state index contributed by atoms with van der Waals surface area (Å²) in [7, 11) is 0. The number of benzene rings is 1. The van der Waals surface area contributed by atoms with Crippen molar-refractivity contribution in [2.24, 2.45) is 0 Å². The first kappa shape index (κ1) is 15.1. The molecule has 0 unspecified atom stereocenters. The van der Waals surface area contributed by atoms with Crippen molar-refractivity contribution in [1.82, 2.24) is 20.3 Å². The van der Waals surface area contributed by atoms with Crippen LogP contribution in [0.15, 0.2) is 73.3 Å². The number of carbonyl (C=O) groups excluding carboxylic acids is 1. The highest BCUT2D eigenvalue weighted by molar-refractivity contribution is 5.97. The number of rotatable bonds is 4. The summed E-state index contributed by atoms with van der Waals surface area (Å²) < 4.78 is 0. The molecule has 0 atom stereocenters. The van der Waals surface area contributed by atoms with Gasteiger partial charge in [0.2, 0.25) is 0 Å². The van der Waals surface area contributed by atoms with Crippen molar-refractivity contribution in [3.8, 4) is 11.3 Å². The number of H-pyrrole nitrogens is 1. The lowest BCUT2D eigenvalue weighted by molar-refractivity contribution is 0.0951. The number of hydrogen-bond acceptors (Lipinski definition) is 3. The van der Waals surface area contributed by atoms with Gasteiger partial charge in [-0.05, 0) is 53.4 Å². The fourth-order valence-electron chi connectivity index (χ4n) is 2.73. The van der Waals surface area contributed by atoms with Crippen LogP contribution in [0.4, 0.5) is 0 Å². The molecule has 0 aliphatic carbocycles. The highest BCUT2D eigenvalue weighted by atomic mass is 16.1. The normalized spacial score (nSPS) is 10.7. The van der Waals surface area contributed by atoms with Crippen molar-refractivity contribution in [2.45, 2.75) is 6.54 Å². The number of aromatic amines is 1. The average Bonchev–Trinajstić information content (AvgIpc) is 3.15. The Kier molecular flexibility index (Phi) is 3.96. The predicted octanol–water partition coefficient (Wildman–Crippen LogP) is 3.55. The Morgan fingerprint density at radius 1 is 1.08 bits per heavy atom. The van der Waals surface area contributed by atoms with Crippen molar-refractivity contribution in [3.63, 3.8) is 0 Å². The minimum Gasteiger partial charge on any atom is -0.361 e. The van der Waals surface area contributed by atoms with Crippen molar-refractivity contribution < 1.29 is 4.79 Å². The molecule has 0 spiro atoms. The van der Waals surface area contributed by atoms with E-state index in [2.05, 4.69) is 20.3 Å². The van der Waals surface area contributed by atoms with Crippen molar-refractivity contribution in [1.29, 1.82) is 0 Å². The monoisotopic (exact) mass is 328 g/mol. The molecule has 0 saturated heterocycles. The van der Waals surface area contributed by atoms with Crippen LogP contribution in [0.2, 0.25) is 0 Å². The van der Waals surface area contributed by atoms with E-state index in [1.165, 1.54) is 0 Å². The zero-order chi connectivity index (χ0) is 17.1. The second-order valence-electron chi connectivity index (χ2n) is 5.75. The molecule has 2 N–H and O–H groups in total. The van der Waals surface area contributed by atoms with Gasteiger partial charge in [-0.3, -0.25) is 14.8 Å². The molecule has 4 rings (SSSR count). The molecule has 0 radical (unpaired) electrons. The SMILES string of the molecule is O=C(NCc1ccnc(-c2cccnc2)c1)c1ccc2cc[nH]c2c1. The van der Waals surface area contributed by atoms with Crippen molar-refractivity contribution >= 4 is 16.8 Å². The predicted molar refractivity (Wildman–Crippen MR) is 96.9 cm³/mol. The smallest absolute Gasteiger partial charge is 0.251 e. The third-order valence-corrected chi connectivity index (χ3v) is 4.05. The van der Waals surface area contributed by atoms with Crippen molar-refractivity contribution in [2.75, 3.05) is 0 Å². The lowest BCUT2D eigenvalue weighted by Crippen LogP contribution is -2.22. The minimum atomic E-state index is -0.101. The lowest BCUT2D eigenvalue weighted by atomic mass is 10.1. The molecule has 3 heterocycles. The molecule has 5 nitrogen and oxygen atoms in total. The van der Waals surface area contributed by atoms with Gasteiger partial charge in [-0.15, -0.1) is 0 Å². The van der Waals surface area contributed by atoms with Crippen LogP contribution in [0.1, 0.15) is 15.9 Å². The molecular formula is C20H16N4O. The standard InChI is InChI=1S/C20H16N4O/c25-20(16-4-3-15-6-9-23-19(15)11-16)24-12-14-5-8-22-18(10-14)17-2-1-7-21-13-17/h1-11,13,23H,12H2,(H,24,25). The third kappa shape index (κ3) is 3.26. The molecule has 0 fully saturated rings. The van der Waals surface area contributed by atoms with Gasteiger partial charge in [0.25, 0.3) is 5.91 Å². The first-order chi connectivity index (χ1) is 12.3. The van der Waals surface area contributed by atoms with Crippen LogP contribution in [0.25, 0.3) is 22.2 Å². The van der Waals surface area contributed by atoms with E-state index in [1.54, 1.807) is 18.6 Å². The Balaban J connectivity index is 1.48.